The van der Waals surface area contributed by atoms with E-state index in [0.29, 0.717) is 43.7 Å². The second kappa shape index (κ2) is 9.49. The number of hydrogen-bond donors (Lipinski definition) is 3. The number of nitrogens with one attached hydrogen (secondary N) is 1. The monoisotopic (exact) mass is 446 g/mol. The number of carbonyl (C=O) groups is 1. The van der Waals surface area contributed by atoms with Crippen molar-refractivity contribution in [1.29, 1.82) is 0 Å². The third kappa shape index (κ3) is 4.43. The Bertz CT molecular complexity index is 808. The first kappa shape index (κ1) is 23.2. The highest BCUT2D eigenvalue weighted by atomic mass is 19.1. The fourth-order valence-corrected chi connectivity index (χ4v) is 5.63. The second-order valence-corrected chi connectivity index (χ2v) is 9.85. The Morgan fingerprint density at radius 3 is 2.25 bits per heavy atom. The van der Waals surface area contributed by atoms with Crippen LogP contribution in [-0.2, 0) is 14.9 Å². The summed E-state index contributed by atoms with van der Waals surface area (Å²) in [7, 11) is 0. The van der Waals surface area contributed by atoms with E-state index in [-0.39, 0.29) is 36.5 Å². The summed E-state index contributed by atoms with van der Waals surface area (Å²) in [5.74, 6) is 0.811. The molecule has 3 aliphatic carbocycles. The molecule has 176 valence electrons. The summed E-state index contributed by atoms with van der Waals surface area (Å²) in [6, 6.07) is 8.10. The third-order valence-electron chi connectivity index (χ3n) is 8.17. The van der Waals surface area contributed by atoms with Gasteiger partial charge in [0.2, 0.25) is 5.91 Å². The van der Waals surface area contributed by atoms with Crippen LogP contribution in [0.3, 0.4) is 0 Å². The van der Waals surface area contributed by atoms with Crippen molar-refractivity contribution in [1.82, 2.24) is 5.32 Å². The predicted octanol–water partition coefficient (Wildman–Crippen LogP) is 3.13. The maximum absolute atomic E-state index is 13.4. The lowest BCUT2D eigenvalue weighted by Gasteiger charge is -2.53. The lowest BCUT2D eigenvalue weighted by Crippen LogP contribution is -2.60. The summed E-state index contributed by atoms with van der Waals surface area (Å²) in [6.45, 7) is 1.41. The van der Waals surface area contributed by atoms with Crippen molar-refractivity contribution >= 4 is 5.91 Å². The topological polar surface area (TPSA) is 93.8 Å². The van der Waals surface area contributed by atoms with Crippen LogP contribution in [-0.4, -0.2) is 49.5 Å². The number of aliphatic hydroxyl groups excluding tert-OH is 1. The molecule has 4 N–H and O–H groups in total. The summed E-state index contributed by atoms with van der Waals surface area (Å²) in [6.07, 6.45) is 7.40. The fourth-order valence-electron chi connectivity index (χ4n) is 5.63. The van der Waals surface area contributed by atoms with Gasteiger partial charge in [-0.1, -0.05) is 12.1 Å². The number of rotatable bonds is 8. The maximum atomic E-state index is 13.4. The van der Waals surface area contributed by atoms with Gasteiger partial charge in [0, 0.05) is 30.7 Å². The van der Waals surface area contributed by atoms with Gasteiger partial charge in [-0.05, 0) is 74.5 Å². The maximum Gasteiger partial charge on any atom is 0.226 e. The third-order valence-corrected chi connectivity index (χ3v) is 8.17. The smallest absolute Gasteiger partial charge is 0.226 e. The highest BCUT2D eigenvalue weighted by molar-refractivity contribution is 5.84. The molecule has 0 spiro atoms. The minimum Gasteiger partial charge on any atom is -0.489 e. The zero-order chi connectivity index (χ0) is 22.7. The van der Waals surface area contributed by atoms with E-state index >= 15 is 0 Å². The van der Waals surface area contributed by atoms with Gasteiger partial charge in [-0.2, -0.15) is 0 Å². The number of aliphatic hydroxyl groups is 1. The van der Waals surface area contributed by atoms with Crippen LogP contribution in [0.4, 0.5) is 4.39 Å². The van der Waals surface area contributed by atoms with Crippen molar-refractivity contribution in [2.24, 2.45) is 11.1 Å². The molecule has 1 heterocycles. The Balaban J connectivity index is 1.38. The lowest BCUT2D eigenvalue weighted by molar-refractivity contribution is -0.142. The molecule has 2 bridgehead atoms. The molecular weight excluding hydrogens is 411 g/mol. The highest BCUT2D eigenvalue weighted by Crippen LogP contribution is 2.58. The van der Waals surface area contributed by atoms with Crippen LogP contribution in [0.2, 0.25) is 0 Å². The van der Waals surface area contributed by atoms with E-state index in [1.807, 2.05) is 12.1 Å². The van der Waals surface area contributed by atoms with E-state index in [2.05, 4.69) is 17.4 Å². The molecule has 0 atom stereocenters. The minimum absolute atomic E-state index is 0.0373. The molecule has 32 heavy (non-hydrogen) atoms. The molecule has 1 amide bonds. The largest absolute Gasteiger partial charge is 0.489 e. The molecule has 3 saturated carbocycles. The quantitative estimate of drug-likeness (QED) is 0.571. The van der Waals surface area contributed by atoms with E-state index in [9.17, 15) is 14.3 Å². The number of amides is 1. The van der Waals surface area contributed by atoms with E-state index in [4.69, 9.17) is 15.2 Å². The van der Waals surface area contributed by atoms with Crippen LogP contribution < -0.4 is 15.8 Å². The van der Waals surface area contributed by atoms with Crippen molar-refractivity contribution in [3.8, 4) is 5.75 Å². The summed E-state index contributed by atoms with van der Waals surface area (Å²) in [5, 5.41) is 13.2. The first-order valence-corrected chi connectivity index (χ1v) is 11.7. The van der Waals surface area contributed by atoms with Gasteiger partial charge in [0.25, 0.3) is 0 Å². The number of hydrogen-bond acceptors (Lipinski definition) is 5. The molecule has 0 aromatic heterocycles. The molecule has 5 rings (SSSR count). The van der Waals surface area contributed by atoms with Gasteiger partial charge in [-0.25, -0.2) is 4.39 Å². The molecule has 4 aliphatic rings. The van der Waals surface area contributed by atoms with Gasteiger partial charge >= 0.3 is 0 Å². The zero-order valence-electron chi connectivity index (χ0n) is 18.7. The molecule has 0 unspecified atom stereocenters. The molecule has 0 radical (unpaired) electrons. The van der Waals surface area contributed by atoms with E-state index in [1.54, 1.807) is 0 Å². The van der Waals surface area contributed by atoms with E-state index in [0.717, 1.165) is 38.5 Å². The van der Waals surface area contributed by atoms with Crippen LogP contribution in [0, 0.1) is 5.41 Å². The number of carbonyl (C=O) groups excluding carboxylic acids is 1. The average Bonchev–Trinajstić information content (AvgIpc) is 2.86. The predicted molar refractivity (Wildman–Crippen MR) is 120 cm³/mol. The first-order valence-electron chi connectivity index (χ1n) is 11.7. The SMILES string of the molecule is NCC(=CF)COc1ccc(C23CCC(C(=O)NC4(CO)CCOCC4)(CC2)CC3)cc1. The van der Waals surface area contributed by atoms with Gasteiger partial charge < -0.3 is 25.6 Å². The highest BCUT2D eigenvalue weighted by Gasteiger charge is 2.54. The van der Waals surface area contributed by atoms with E-state index < -0.39 is 5.54 Å². The molecule has 1 aliphatic heterocycles. The van der Waals surface area contributed by atoms with Crippen molar-refractivity contribution in [2.45, 2.75) is 62.3 Å². The minimum atomic E-state index is -0.535. The Labute approximate surface area is 189 Å². The Hall–Kier alpha value is -1.96. The lowest BCUT2D eigenvalue weighted by atomic mass is 9.51. The molecule has 4 fully saturated rings. The number of halogens is 1. The number of benzene rings is 1. The number of nitrogens with two attached hydrogens (primary N) is 1. The number of ether oxygens (including phenoxy) is 2. The van der Waals surface area contributed by atoms with E-state index in [1.165, 1.54) is 5.56 Å². The van der Waals surface area contributed by atoms with Gasteiger partial charge in [0.1, 0.15) is 12.4 Å². The molecule has 1 saturated heterocycles. The molecular formula is C25H35FN2O4. The average molecular weight is 447 g/mol. The van der Waals surface area contributed by atoms with Crippen molar-refractivity contribution in [3.05, 3.63) is 41.7 Å². The van der Waals surface area contributed by atoms with Crippen LogP contribution >= 0.6 is 0 Å². The summed E-state index contributed by atoms with van der Waals surface area (Å²) in [4.78, 5) is 13.4. The zero-order valence-corrected chi connectivity index (χ0v) is 18.7. The van der Waals surface area contributed by atoms with Gasteiger partial charge in [-0.3, -0.25) is 4.79 Å². The Morgan fingerprint density at radius 2 is 1.72 bits per heavy atom. The summed E-state index contributed by atoms with van der Waals surface area (Å²) >= 11 is 0. The molecule has 7 heteroatoms. The molecule has 6 nitrogen and oxygen atoms in total. The van der Waals surface area contributed by atoms with Crippen molar-refractivity contribution in [3.63, 3.8) is 0 Å². The Morgan fingerprint density at radius 1 is 1.09 bits per heavy atom. The summed E-state index contributed by atoms with van der Waals surface area (Å²) < 4.78 is 23.7. The van der Waals surface area contributed by atoms with Crippen LogP contribution in [0.1, 0.15) is 56.9 Å². The van der Waals surface area contributed by atoms with Crippen LogP contribution in [0.25, 0.3) is 0 Å². The summed E-state index contributed by atoms with van der Waals surface area (Å²) in [5.41, 5.74) is 6.44. The van der Waals surface area contributed by atoms with Gasteiger partial charge in [-0.15, -0.1) is 0 Å². The standard InChI is InChI=1S/C25H35FN2O4/c26-15-19(16-27)17-32-21-3-1-20(2-4-21)23-5-8-24(9-6-23,10-7-23)22(30)28-25(18-29)11-13-31-14-12-25/h1-4,15,29H,5-14,16-18,27H2,(H,28,30). The second-order valence-electron chi connectivity index (χ2n) is 9.85. The van der Waals surface area contributed by atoms with Crippen molar-refractivity contribution < 1.29 is 23.8 Å². The first-order chi connectivity index (χ1) is 15.5. The van der Waals surface area contributed by atoms with Gasteiger partial charge in [0.15, 0.2) is 0 Å². The van der Waals surface area contributed by atoms with Crippen LogP contribution in [0.5, 0.6) is 5.75 Å². The number of fused-ring (bicyclic) bond motifs is 3. The Kier molecular flexibility index (Phi) is 6.89. The molecule has 1 aromatic rings. The fraction of sp³-hybridized carbons (Fsp3) is 0.640. The molecule has 1 aromatic carbocycles. The van der Waals surface area contributed by atoms with Crippen molar-refractivity contribution in [2.75, 3.05) is 33.0 Å². The normalized spacial score (nSPS) is 29.5. The van der Waals surface area contributed by atoms with Crippen LogP contribution in [0.15, 0.2) is 36.2 Å². The van der Waals surface area contributed by atoms with Gasteiger partial charge in [0.05, 0.1) is 18.5 Å².